The van der Waals surface area contributed by atoms with E-state index in [0.717, 1.165) is 32.4 Å². The molecule has 0 radical (unpaired) electrons. The van der Waals surface area contributed by atoms with Crippen LogP contribution in [0, 0.1) is 23.7 Å². The summed E-state index contributed by atoms with van der Waals surface area (Å²) in [5, 5.41) is 3.49. The third-order valence-corrected chi connectivity index (χ3v) is 5.06. The Morgan fingerprint density at radius 3 is 2.00 bits per heavy atom. The van der Waals surface area contributed by atoms with Crippen LogP contribution >= 0.6 is 0 Å². The number of amides is 2. The maximum atomic E-state index is 12.5. The summed E-state index contributed by atoms with van der Waals surface area (Å²) in [5.41, 5.74) is 0. The van der Waals surface area contributed by atoms with Crippen LogP contribution in [0.3, 0.4) is 0 Å². The highest BCUT2D eigenvalue weighted by atomic mass is 16.2. The molecule has 0 aromatic rings. The van der Waals surface area contributed by atoms with E-state index in [2.05, 4.69) is 12.2 Å². The minimum absolute atomic E-state index is 0.0468. The number of hydrogen-bond donors (Lipinski definition) is 0. The van der Waals surface area contributed by atoms with Crippen LogP contribution in [0.25, 0.3) is 0 Å². The Labute approximate surface area is 107 Å². The van der Waals surface area contributed by atoms with Gasteiger partial charge in [0.1, 0.15) is 0 Å². The predicted molar refractivity (Wildman–Crippen MR) is 65.0 cm³/mol. The molecule has 2 saturated heterocycles. The van der Waals surface area contributed by atoms with Crippen LogP contribution in [-0.4, -0.2) is 34.9 Å². The van der Waals surface area contributed by atoms with Crippen molar-refractivity contribution < 1.29 is 9.59 Å². The van der Waals surface area contributed by atoms with E-state index in [1.54, 1.807) is 0 Å². The second-order valence-electron chi connectivity index (χ2n) is 6.00. The topological polar surface area (TPSA) is 40.6 Å². The van der Waals surface area contributed by atoms with Crippen LogP contribution in [0.1, 0.15) is 25.7 Å². The zero-order chi connectivity index (χ0) is 12.3. The van der Waals surface area contributed by atoms with Crippen LogP contribution in [0.2, 0.25) is 0 Å². The minimum Gasteiger partial charge on any atom is -0.273 e. The molecule has 4 atom stereocenters. The van der Waals surface area contributed by atoms with Gasteiger partial charge in [0, 0.05) is 13.1 Å². The van der Waals surface area contributed by atoms with Gasteiger partial charge in [-0.1, -0.05) is 18.6 Å². The van der Waals surface area contributed by atoms with Gasteiger partial charge in [-0.3, -0.25) is 9.59 Å². The molecule has 0 spiro atoms. The monoisotopic (exact) mass is 246 g/mol. The van der Waals surface area contributed by atoms with E-state index in [1.165, 1.54) is 11.4 Å². The van der Waals surface area contributed by atoms with Crippen molar-refractivity contribution in [1.29, 1.82) is 0 Å². The van der Waals surface area contributed by atoms with Gasteiger partial charge >= 0.3 is 0 Å². The molecule has 2 bridgehead atoms. The average Bonchev–Trinajstić information content (AvgIpc) is 3.05. The second kappa shape index (κ2) is 3.67. The first kappa shape index (κ1) is 10.7. The fraction of sp³-hybridized carbons (Fsp3) is 0.714. The van der Waals surface area contributed by atoms with E-state index in [-0.39, 0.29) is 23.7 Å². The third-order valence-electron chi connectivity index (χ3n) is 5.06. The zero-order valence-electron chi connectivity index (χ0n) is 10.4. The first-order chi connectivity index (χ1) is 8.77. The third kappa shape index (κ3) is 1.24. The number of hydrazine groups is 1. The smallest absolute Gasteiger partial charge is 0.248 e. The summed E-state index contributed by atoms with van der Waals surface area (Å²) in [7, 11) is 0. The van der Waals surface area contributed by atoms with Crippen molar-refractivity contribution in [2.75, 3.05) is 13.1 Å². The van der Waals surface area contributed by atoms with Gasteiger partial charge in [0.05, 0.1) is 11.8 Å². The lowest BCUT2D eigenvalue weighted by Gasteiger charge is -2.33. The van der Waals surface area contributed by atoms with E-state index in [9.17, 15) is 9.59 Å². The van der Waals surface area contributed by atoms with Crippen molar-refractivity contribution in [3.63, 3.8) is 0 Å². The molecule has 2 heterocycles. The fourth-order valence-electron chi connectivity index (χ4n) is 4.24. The van der Waals surface area contributed by atoms with Crippen LogP contribution < -0.4 is 0 Å². The fourth-order valence-corrected chi connectivity index (χ4v) is 4.24. The van der Waals surface area contributed by atoms with Gasteiger partial charge in [0.15, 0.2) is 0 Å². The number of nitrogens with zero attached hydrogens (tertiary/aromatic N) is 2. The molecule has 4 nitrogen and oxygen atoms in total. The molecule has 4 aliphatic rings. The summed E-state index contributed by atoms with van der Waals surface area (Å²) in [5.74, 6) is 0.703. The van der Waals surface area contributed by atoms with E-state index >= 15 is 0 Å². The molecule has 0 aromatic carbocycles. The zero-order valence-corrected chi connectivity index (χ0v) is 10.4. The highest BCUT2D eigenvalue weighted by Crippen LogP contribution is 2.52. The molecule has 2 aliphatic heterocycles. The Morgan fingerprint density at radius 1 is 0.889 bits per heavy atom. The van der Waals surface area contributed by atoms with Crippen molar-refractivity contribution in [3.05, 3.63) is 12.2 Å². The van der Waals surface area contributed by atoms with Gasteiger partial charge in [-0.25, -0.2) is 10.0 Å². The van der Waals surface area contributed by atoms with Crippen LogP contribution in [0.15, 0.2) is 12.2 Å². The van der Waals surface area contributed by atoms with Crippen molar-refractivity contribution in [1.82, 2.24) is 10.0 Å². The number of piperidine rings is 1. The molecule has 2 aliphatic carbocycles. The molecule has 4 rings (SSSR count). The lowest BCUT2D eigenvalue weighted by molar-refractivity contribution is -0.161. The SMILES string of the molecule is O=C1[C@@H]2[C@H](C(=O)N1N1CCCCC1)[C@@H]1C=C[C@@H]2C1. The standard InChI is InChI=1S/C14H18N2O2/c17-13-11-9-4-5-10(8-9)12(11)14(18)16(13)15-6-2-1-3-7-15/h4-5,9-12H,1-3,6-8H2/t9-,10-,11-,12+/m1/s1. The number of rotatable bonds is 1. The Balaban J connectivity index is 1.63. The molecule has 18 heavy (non-hydrogen) atoms. The lowest BCUT2D eigenvalue weighted by atomic mass is 9.85. The Kier molecular flexibility index (Phi) is 2.19. The summed E-state index contributed by atoms with van der Waals surface area (Å²) >= 11 is 0. The van der Waals surface area contributed by atoms with Crippen molar-refractivity contribution in [2.24, 2.45) is 23.7 Å². The Hall–Kier alpha value is -1.16. The minimum atomic E-state index is -0.0468. The largest absolute Gasteiger partial charge is 0.273 e. The average molecular weight is 246 g/mol. The number of hydrogen-bond acceptors (Lipinski definition) is 3. The summed E-state index contributed by atoms with van der Waals surface area (Å²) in [6.45, 7) is 1.72. The quantitative estimate of drug-likeness (QED) is 0.515. The van der Waals surface area contributed by atoms with E-state index in [1.807, 2.05) is 5.01 Å². The predicted octanol–water partition coefficient (Wildman–Crippen LogP) is 1.19. The lowest BCUT2D eigenvalue weighted by Crippen LogP contribution is -2.49. The number of fused-ring (bicyclic) bond motifs is 5. The molecule has 0 unspecified atom stereocenters. The van der Waals surface area contributed by atoms with Gasteiger partial charge in [0.2, 0.25) is 11.8 Å². The molecule has 1 saturated carbocycles. The maximum absolute atomic E-state index is 12.5. The molecule has 2 amide bonds. The van der Waals surface area contributed by atoms with Crippen LogP contribution in [0.5, 0.6) is 0 Å². The first-order valence-corrected chi connectivity index (χ1v) is 7.08. The highest BCUT2D eigenvalue weighted by Gasteiger charge is 2.60. The van der Waals surface area contributed by atoms with Gasteiger partial charge in [-0.15, -0.1) is 0 Å². The van der Waals surface area contributed by atoms with Crippen LogP contribution in [0.4, 0.5) is 0 Å². The van der Waals surface area contributed by atoms with Gasteiger partial charge in [-0.05, 0) is 31.1 Å². The molecular formula is C14H18N2O2. The van der Waals surface area contributed by atoms with E-state index < -0.39 is 0 Å². The number of allylic oxidation sites excluding steroid dienone is 2. The molecular weight excluding hydrogens is 228 g/mol. The summed E-state index contributed by atoms with van der Waals surface area (Å²) in [6, 6.07) is 0. The van der Waals surface area contributed by atoms with Crippen LogP contribution in [-0.2, 0) is 9.59 Å². The summed E-state index contributed by atoms with van der Waals surface area (Å²) in [6.07, 6.45) is 8.72. The van der Waals surface area contributed by atoms with E-state index in [0.29, 0.717) is 11.8 Å². The first-order valence-electron chi connectivity index (χ1n) is 7.08. The molecule has 96 valence electrons. The number of carbonyl (C=O) groups is 2. The number of imide groups is 1. The van der Waals surface area contributed by atoms with Gasteiger partial charge in [0.25, 0.3) is 0 Å². The summed E-state index contributed by atoms with van der Waals surface area (Å²) < 4.78 is 0. The Morgan fingerprint density at radius 2 is 1.44 bits per heavy atom. The second-order valence-corrected chi connectivity index (χ2v) is 6.00. The Bertz CT molecular complexity index is 409. The highest BCUT2D eigenvalue weighted by molar-refractivity contribution is 6.05. The molecule has 3 fully saturated rings. The van der Waals surface area contributed by atoms with Crippen molar-refractivity contribution in [3.8, 4) is 0 Å². The number of carbonyl (C=O) groups excluding carboxylic acids is 2. The van der Waals surface area contributed by atoms with Gasteiger partial charge < -0.3 is 0 Å². The maximum Gasteiger partial charge on any atom is 0.248 e. The molecule has 0 aromatic heterocycles. The van der Waals surface area contributed by atoms with Gasteiger partial charge in [-0.2, -0.15) is 0 Å². The molecule has 0 N–H and O–H groups in total. The molecule has 4 heteroatoms. The van der Waals surface area contributed by atoms with Crippen molar-refractivity contribution >= 4 is 11.8 Å². The normalized spacial score (nSPS) is 43.0. The summed E-state index contributed by atoms with van der Waals surface area (Å²) in [4.78, 5) is 25.0. The van der Waals surface area contributed by atoms with E-state index in [4.69, 9.17) is 0 Å². The van der Waals surface area contributed by atoms with Crippen molar-refractivity contribution in [2.45, 2.75) is 25.7 Å².